The molecule has 5 heteroatoms. The van der Waals surface area contributed by atoms with Crippen molar-refractivity contribution in [2.24, 2.45) is 5.92 Å². The Hall–Kier alpha value is -2.01. The summed E-state index contributed by atoms with van der Waals surface area (Å²) >= 11 is 3.13. The Labute approximate surface area is 137 Å². The molecular weight excluding hydrogens is 348 g/mol. The van der Waals surface area contributed by atoms with Crippen molar-refractivity contribution in [2.75, 3.05) is 0 Å². The average Bonchev–Trinajstić information content (AvgIpc) is 2.45. The topological polar surface area (TPSA) is 77.8 Å². The van der Waals surface area contributed by atoms with Crippen LogP contribution < -0.4 is 0 Å². The molecule has 0 fully saturated rings. The monoisotopic (exact) mass is 364 g/mol. The van der Waals surface area contributed by atoms with Gasteiger partial charge >= 0.3 is 0 Å². The lowest BCUT2D eigenvalue weighted by atomic mass is 9.98. The van der Waals surface area contributed by atoms with Crippen molar-refractivity contribution in [1.82, 2.24) is 0 Å². The zero-order chi connectivity index (χ0) is 16.4. The number of hydrogen-bond donors (Lipinski definition) is 3. The summed E-state index contributed by atoms with van der Waals surface area (Å²) in [5, 5.41) is 28.9. The lowest BCUT2D eigenvalue weighted by Crippen LogP contribution is -2.04. The van der Waals surface area contributed by atoms with Crippen molar-refractivity contribution in [1.29, 1.82) is 0 Å². The van der Waals surface area contributed by atoms with Crippen LogP contribution in [0, 0.1) is 5.92 Å². The fraction of sp³-hybridized carbons (Fsp3) is 0.235. The van der Waals surface area contributed by atoms with E-state index in [9.17, 15) is 20.1 Å². The molecule has 0 amide bonds. The van der Waals surface area contributed by atoms with E-state index in [1.54, 1.807) is 12.1 Å². The molecule has 0 aliphatic heterocycles. The first-order valence-electron chi connectivity index (χ1n) is 6.88. The second-order valence-corrected chi connectivity index (χ2v) is 6.43. The third kappa shape index (κ3) is 3.25. The lowest BCUT2D eigenvalue weighted by Gasteiger charge is -2.10. The van der Waals surface area contributed by atoms with Crippen molar-refractivity contribution >= 4 is 21.7 Å². The number of carbonyl (C=O) groups excluding carboxylic acids is 1. The Morgan fingerprint density at radius 2 is 1.68 bits per heavy atom. The Kier molecular flexibility index (Phi) is 4.76. The van der Waals surface area contributed by atoms with Gasteiger partial charge in [-0.1, -0.05) is 38.1 Å². The molecule has 3 N–H and O–H groups in total. The number of hydrogen-bond acceptors (Lipinski definition) is 4. The molecule has 0 heterocycles. The minimum absolute atomic E-state index is 0.0769. The summed E-state index contributed by atoms with van der Waals surface area (Å²) < 4.78 is 0.219. The van der Waals surface area contributed by atoms with Gasteiger partial charge in [-0.15, -0.1) is 0 Å². The van der Waals surface area contributed by atoms with Gasteiger partial charge in [-0.3, -0.25) is 4.79 Å². The van der Waals surface area contributed by atoms with Gasteiger partial charge in [0, 0.05) is 10.0 Å². The number of ketones is 1. The van der Waals surface area contributed by atoms with E-state index in [2.05, 4.69) is 29.8 Å². The summed E-state index contributed by atoms with van der Waals surface area (Å²) in [6.07, 6.45) is 0.920. The van der Waals surface area contributed by atoms with Gasteiger partial charge in [-0.2, -0.15) is 0 Å². The SMILES string of the molecule is CC(C)Cc1ccc(C(=O)c2c(Br)cc(O)c(O)c2O)cc1. The van der Waals surface area contributed by atoms with Crippen LogP contribution in [0.4, 0.5) is 0 Å². The molecule has 2 rings (SSSR count). The van der Waals surface area contributed by atoms with Crippen molar-refractivity contribution in [3.05, 3.63) is 51.5 Å². The predicted octanol–water partition coefficient (Wildman–Crippen LogP) is 4.00. The molecule has 0 saturated carbocycles. The minimum Gasteiger partial charge on any atom is -0.504 e. The van der Waals surface area contributed by atoms with Gasteiger partial charge in [-0.05, 0) is 39.9 Å². The maximum atomic E-state index is 12.5. The number of rotatable bonds is 4. The molecule has 0 atom stereocenters. The molecule has 0 radical (unpaired) electrons. The van der Waals surface area contributed by atoms with E-state index >= 15 is 0 Å². The summed E-state index contributed by atoms with van der Waals surface area (Å²) in [5.74, 6) is -1.75. The van der Waals surface area contributed by atoms with Gasteiger partial charge in [-0.25, -0.2) is 0 Å². The van der Waals surface area contributed by atoms with E-state index in [1.807, 2.05) is 12.1 Å². The van der Waals surface area contributed by atoms with Crippen LogP contribution in [0.15, 0.2) is 34.8 Å². The lowest BCUT2D eigenvalue weighted by molar-refractivity contribution is 0.103. The third-order valence-corrected chi connectivity index (χ3v) is 3.92. The summed E-state index contributed by atoms with van der Waals surface area (Å²) in [7, 11) is 0. The van der Waals surface area contributed by atoms with Crippen LogP contribution in [0.1, 0.15) is 35.3 Å². The van der Waals surface area contributed by atoms with Crippen LogP contribution >= 0.6 is 15.9 Å². The molecule has 2 aromatic carbocycles. The first kappa shape index (κ1) is 16.4. The average molecular weight is 365 g/mol. The number of benzene rings is 2. The normalized spacial score (nSPS) is 10.9. The molecule has 0 aliphatic rings. The van der Waals surface area contributed by atoms with Crippen molar-refractivity contribution in [3.63, 3.8) is 0 Å². The molecule has 0 spiro atoms. The Morgan fingerprint density at radius 3 is 2.23 bits per heavy atom. The van der Waals surface area contributed by atoms with Crippen LogP contribution in [0.3, 0.4) is 0 Å². The second-order valence-electron chi connectivity index (χ2n) is 5.57. The molecule has 0 aliphatic carbocycles. The number of phenols is 3. The van der Waals surface area contributed by atoms with Crippen LogP contribution in [-0.4, -0.2) is 21.1 Å². The van der Waals surface area contributed by atoms with Crippen molar-refractivity contribution < 1.29 is 20.1 Å². The first-order chi connectivity index (χ1) is 10.3. The molecule has 4 nitrogen and oxygen atoms in total. The number of phenolic OH excluding ortho intramolecular Hbond substituents is 3. The Balaban J connectivity index is 2.39. The van der Waals surface area contributed by atoms with Crippen LogP contribution in [0.25, 0.3) is 0 Å². The smallest absolute Gasteiger partial charge is 0.201 e. The summed E-state index contributed by atoms with van der Waals surface area (Å²) in [6.45, 7) is 4.24. The summed E-state index contributed by atoms with van der Waals surface area (Å²) in [4.78, 5) is 12.5. The zero-order valence-electron chi connectivity index (χ0n) is 12.3. The molecule has 0 aromatic heterocycles. The number of halogens is 1. The van der Waals surface area contributed by atoms with Crippen LogP contribution in [-0.2, 0) is 6.42 Å². The summed E-state index contributed by atoms with van der Waals surface area (Å²) in [6, 6.07) is 8.30. The minimum atomic E-state index is -0.706. The van der Waals surface area contributed by atoms with E-state index in [1.165, 1.54) is 6.07 Å². The fourth-order valence-electron chi connectivity index (χ4n) is 2.24. The Morgan fingerprint density at radius 1 is 1.09 bits per heavy atom. The molecule has 2 aromatic rings. The third-order valence-electron chi connectivity index (χ3n) is 3.29. The molecule has 0 saturated heterocycles. The van der Waals surface area contributed by atoms with Crippen molar-refractivity contribution in [3.8, 4) is 17.2 Å². The highest BCUT2D eigenvalue weighted by Crippen LogP contribution is 2.42. The van der Waals surface area contributed by atoms with Crippen molar-refractivity contribution in [2.45, 2.75) is 20.3 Å². The van der Waals surface area contributed by atoms with Gasteiger partial charge < -0.3 is 15.3 Å². The molecule has 0 unspecified atom stereocenters. The van der Waals surface area contributed by atoms with E-state index in [0.29, 0.717) is 11.5 Å². The highest BCUT2D eigenvalue weighted by Gasteiger charge is 2.22. The number of aromatic hydroxyl groups is 3. The fourth-order valence-corrected chi connectivity index (χ4v) is 2.82. The number of carbonyl (C=O) groups is 1. The van der Waals surface area contributed by atoms with E-state index in [4.69, 9.17) is 0 Å². The maximum absolute atomic E-state index is 12.5. The standard InChI is InChI=1S/C17H17BrO4/c1-9(2)7-10-3-5-11(6-4-10)15(20)14-12(18)8-13(19)16(21)17(14)22/h3-6,8-9,19,21-22H,7H2,1-2H3. The van der Waals surface area contributed by atoms with Gasteiger partial charge in [0.25, 0.3) is 0 Å². The van der Waals surface area contributed by atoms with Gasteiger partial charge in [0.05, 0.1) is 5.56 Å². The molecule has 22 heavy (non-hydrogen) atoms. The highest BCUT2D eigenvalue weighted by atomic mass is 79.9. The largest absolute Gasteiger partial charge is 0.504 e. The predicted molar refractivity (Wildman–Crippen MR) is 87.6 cm³/mol. The zero-order valence-corrected chi connectivity index (χ0v) is 13.9. The Bertz CT molecular complexity index is 706. The first-order valence-corrected chi connectivity index (χ1v) is 7.67. The maximum Gasteiger partial charge on any atom is 0.201 e. The van der Waals surface area contributed by atoms with Crippen LogP contribution in [0.2, 0.25) is 0 Å². The molecular formula is C17H17BrO4. The molecule has 116 valence electrons. The van der Waals surface area contributed by atoms with E-state index in [0.717, 1.165) is 12.0 Å². The summed E-state index contributed by atoms with van der Waals surface area (Å²) in [5.41, 5.74) is 1.45. The quantitative estimate of drug-likeness (QED) is 0.566. The second kappa shape index (κ2) is 6.40. The van der Waals surface area contributed by atoms with Crippen LogP contribution in [0.5, 0.6) is 17.2 Å². The van der Waals surface area contributed by atoms with E-state index < -0.39 is 23.0 Å². The highest BCUT2D eigenvalue weighted by molar-refractivity contribution is 9.10. The van der Waals surface area contributed by atoms with Gasteiger partial charge in [0.15, 0.2) is 17.3 Å². The van der Waals surface area contributed by atoms with Gasteiger partial charge in [0.1, 0.15) is 0 Å². The van der Waals surface area contributed by atoms with E-state index in [-0.39, 0.29) is 10.0 Å². The molecule has 0 bridgehead atoms. The van der Waals surface area contributed by atoms with Gasteiger partial charge in [0.2, 0.25) is 5.75 Å².